The number of amides is 4. The van der Waals surface area contributed by atoms with Gasteiger partial charge in [-0.05, 0) is 50.8 Å². The molecule has 0 radical (unpaired) electrons. The smallest absolute Gasteiger partial charge is 0.327 e. The van der Waals surface area contributed by atoms with Crippen LogP contribution in [0.5, 0.6) is 0 Å². The molecule has 1 saturated carbocycles. The van der Waals surface area contributed by atoms with Crippen LogP contribution < -0.4 is 10.6 Å². The van der Waals surface area contributed by atoms with Gasteiger partial charge in [0.1, 0.15) is 18.2 Å². The highest BCUT2D eigenvalue weighted by atomic mass is 35.5. The van der Waals surface area contributed by atoms with Gasteiger partial charge in [0.25, 0.3) is 11.8 Å². The van der Waals surface area contributed by atoms with Gasteiger partial charge in [0, 0.05) is 5.69 Å². The van der Waals surface area contributed by atoms with E-state index in [1.54, 1.807) is 6.92 Å². The maximum absolute atomic E-state index is 12.5. The van der Waals surface area contributed by atoms with E-state index in [4.69, 9.17) is 21.6 Å². The van der Waals surface area contributed by atoms with Gasteiger partial charge < -0.3 is 15.4 Å². The largest absolute Gasteiger partial charge is 0.451 e. The summed E-state index contributed by atoms with van der Waals surface area (Å²) in [5, 5.41) is 14.2. The number of imide groups is 1. The molecule has 1 aromatic carbocycles. The second-order valence-electron chi connectivity index (χ2n) is 7.23. The zero-order chi connectivity index (χ0) is 21.3. The van der Waals surface area contributed by atoms with Crippen LogP contribution in [0, 0.1) is 17.2 Å². The highest BCUT2D eigenvalue weighted by Gasteiger charge is 2.56. The summed E-state index contributed by atoms with van der Waals surface area (Å²) in [6.07, 6.45) is 0.516. The van der Waals surface area contributed by atoms with Crippen molar-refractivity contribution in [2.24, 2.45) is 5.92 Å². The molecule has 10 heteroatoms. The third kappa shape index (κ3) is 4.17. The molecule has 4 amide bonds. The van der Waals surface area contributed by atoms with Crippen molar-refractivity contribution >= 4 is 41.1 Å². The predicted molar refractivity (Wildman–Crippen MR) is 102 cm³/mol. The van der Waals surface area contributed by atoms with Crippen molar-refractivity contribution in [3.05, 3.63) is 28.8 Å². The number of nitrogens with zero attached hydrogens (tertiary/aromatic N) is 2. The first kappa shape index (κ1) is 20.6. The summed E-state index contributed by atoms with van der Waals surface area (Å²) in [6, 6.07) is 5.59. The number of halogens is 1. The molecule has 0 unspecified atom stereocenters. The summed E-state index contributed by atoms with van der Waals surface area (Å²) in [5.74, 6) is -1.90. The van der Waals surface area contributed by atoms with E-state index in [1.165, 1.54) is 25.1 Å². The fraction of sp³-hybridized carbons (Fsp3) is 0.421. The first-order valence-corrected chi connectivity index (χ1v) is 9.37. The Balaban J connectivity index is 1.55. The lowest BCUT2D eigenvalue weighted by Crippen LogP contribution is -2.46. The Kier molecular flexibility index (Phi) is 5.48. The first-order chi connectivity index (χ1) is 13.7. The maximum Gasteiger partial charge on any atom is 0.327 e. The molecule has 1 aliphatic carbocycles. The van der Waals surface area contributed by atoms with Crippen LogP contribution >= 0.6 is 11.6 Å². The van der Waals surface area contributed by atoms with E-state index in [-0.39, 0.29) is 16.5 Å². The van der Waals surface area contributed by atoms with Crippen LogP contribution in [0.1, 0.15) is 32.3 Å². The number of hydrogen-bond acceptors (Lipinski definition) is 6. The third-order valence-electron chi connectivity index (χ3n) is 5.02. The number of carbonyl (C=O) groups excluding carboxylic acids is 4. The predicted octanol–water partition coefficient (Wildman–Crippen LogP) is 1.80. The average Bonchev–Trinajstić information content (AvgIpc) is 3.48. The van der Waals surface area contributed by atoms with Crippen LogP contribution in [0.4, 0.5) is 10.5 Å². The topological polar surface area (TPSA) is 129 Å². The molecule has 2 N–H and O–H groups in total. The lowest BCUT2D eigenvalue weighted by atomic mass is 9.96. The van der Waals surface area contributed by atoms with Gasteiger partial charge in [0.15, 0.2) is 6.10 Å². The quantitative estimate of drug-likeness (QED) is 0.535. The zero-order valence-corrected chi connectivity index (χ0v) is 16.6. The van der Waals surface area contributed by atoms with Crippen LogP contribution in [-0.4, -0.2) is 46.9 Å². The molecule has 9 nitrogen and oxygen atoms in total. The zero-order valence-electron chi connectivity index (χ0n) is 15.8. The van der Waals surface area contributed by atoms with Gasteiger partial charge in [-0.15, -0.1) is 0 Å². The Labute approximate surface area is 171 Å². The average molecular weight is 419 g/mol. The van der Waals surface area contributed by atoms with Gasteiger partial charge in [-0.3, -0.25) is 19.3 Å². The maximum atomic E-state index is 12.5. The Hall–Kier alpha value is -3.12. The van der Waals surface area contributed by atoms with E-state index in [0.717, 1.165) is 17.7 Å². The van der Waals surface area contributed by atoms with Crippen molar-refractivity contribution in [2.75, 3.05) is 11.9 Å². The normalized spacial score (nSPS) is 21.9. The lowest BCUT2D eigenvalue weighted by Gasteiger charge is -2.21. The third-order valence-corrected chi connectivity index (χ3v) is 5.33. The fourth-order valence-corrected chi connectivity index (χ4v) is 3.36. The molecular weight excluding hydrogens is 400 g/mol. The molecule has 1 aromatic rings. The molecule has 152 valence electrons. The van der Waals surface area contributed by atoms with E-state index in [9.17, 15) is 19.2 Å². The summed E-state index contributed by atoms with van der Waals surface area (Å²) >= 11 is 5.91. The number of carbonyl (C=O) groups is 4. The molecule has 0 aromatic heterocycles. The standard InChI is InChI=1S/C19H19ClN4O5/c1-10(16(26)22-13-6-3-11(8-21)14(20)7-13)29-15(25)9-24-17(27)19(2,12-4-5-12)23-18(24)28/h3,6-7,10,12H,4-5,9H2,1-2H3,(H,22,26)(H,23,28)/t10-,19-/m1/s1. The monoisotopic (exact) mass is 418 g/mol. The second kappa shape index (κ2) is 7.72. The lowest BCUT2D eigenvalue weighted by molar-refractivity contribution is -0.155. The molecule has 3 rings (SSSR count). The molecule has 29 heavy (non-hydrogen) atoms. The van der Waals surface area contributed by atoms with Crippen LogP contribution in [0.15, 0.2) is 18.2 Å². The van der Waals surface area contributed by atoms with Gasteiger partial charge in [0.2, 0.25) is 0 Å². The van der Waals surface area contributed by atoms with Crippen molar-refractivity contribution in [3.8, 4) is 6.07 Å². The van der Waals surface area contributed by atoms with Gasteiger partial charge in [-0.2, -0.15) is 5.26 Å². The van der Waals surface area contributed by atoms with Crippen molar-refractivity contribution < 1.29 is 23.9 Å². The summed E-state index contributed by atoms with van der Waals surface area (Å²) < 4.78 is 5.05. The van der Waals surface area contributed by atoms with E-state index in [1.807, 2.05) is 6.07 Å². The molecule has 0 spiro atoms. The molecule has 1 saturated heterocycles. The van der Waals surface area contributed by atoms with Gasteiger partial charge in [-0.1, -0.05) is 11.6 Å². The summed E-state index contributed by atoms with van der Waals surface area (Å²) in [6.45, 7) is 2.43. The highest BCUT2D eigenvalue weighted by Crippen LogP contribution is 2.42. The summed E-state index contributed by atoms with van der Waals surface area (Å²) in [5.41, 5.74) is -0.401. The van der Waals surface area contributed by atoms with E-state index in [2.05, 4.69) is 10.6 Å². The van der Waals surface area contributed by atoms with E-state index in [0.29, 0.717) is 5.69 Å². The Morgan fingerprint density at radius 2 is 2.14 bits per heavy atom. The number of rotatable bonds is 6. The van der Waals surface area contributed by atoms with E-state index < -0.39 is 42.0 Å². The molecule has 1 aliphatic heterocycles. The molecular formula is C19H19ClN4O5. The fourth-order valence-electron chi connectivity index (χ4n) is 3.14. The van der Waals surface area contributed by atoms with Crippen molar-refractivity contribution in [2.45, 2.75) is 38.3 Å². The number of nitrogens with one attached hydrogen (secondary N) is 2. The molecule has 1 heterocycles. The van der Waals surface area contributed by atoms with Gasteiger partial charge in [0.05, 0.1) is 10.6 Å². The van der Waals surface area contributed by atoms with Crippen LogP contribution in [0.2, 0.25) is 5.02 Å². The van der Waals surface area contributed by atoms with Crippen LogP contribution in [-0.2, 0) is 19.1 Å². The Morgan fingerprint density at radius 3 is 2.72 bits per heavy atom. The van der Waals surface area contributed by atoms with E-state index >= 15 is 0 Å². The van der Waals surface area contributed by atoms with Crippen LogP contribution in [0.3, 0.4) is 0 Å². The number of nitriles is 1. The first-order valence-electron chi connectivity index (χ1n) is 9.00. The van der Waals surface area contributed by atoms with Crippen molar-refractivity contribution in [1.29, 1.82) is 5.26 Å². The number of urea groups is 1. The minimum absolute atomic E-state index is 0.0731. The summed E-state index contributed by atoms with van der Waals surface area (Å²) in [7, 11) is 0. The number of ether oxygens (including phenoxy) is 1. The number of anilines is 1. The molecule has 2 aliphatic rings. The van der Waals surface area contributed by atoms with Crippen LogP contribution in [0.25, 0.3) is 0 Å². The minimum atomic E-state index is -1.17. The molecule has 2 atom stereocenters. The number of hydrogen-bond donors (Lipinski definition) is 2. The van der Waals surface area contributed by atoms with Gasteiger partial charge in [-0.25, -0.2) is 4.79 Å². The molecule has 0 bridgehead atoms. The number of esters is 1. The second-order valence-corrected chi connectivity index (χ2v) is 7.63. The minimum Gasteiger partial charge on any atom is -0.451 e. The summed E-state index contributed by atoms with van der Waals surface area (Å²) in [4.78, 5) is 49.8. The Bertz CT molecular complexity index is 939. The number of benzene rings is 1. The molecule has 2 fully saturated rings. The highest BCUT2D eigenvalue weighted by molar-refractivity contribution is 6.32. The Morgan fingerprint density at radius 1 is 1.45 bits per heavy atom. The van der Waals surface area contributed by atoms with Crippen molar-refractivity contribution in [3.63, 3.8) is 0 Å². The van der Waals surface area contributed by atoms with Crippen molar-refractivity contribution in [1.82, 2.24) is 10.2 Å². The van der Waals surface area contributed by atoms with Gasteiger partial charge >= 0.3 is 12.0 Å². The SMILES string of the molecule is C[C@@H](OC(=O)CN1C(=O)N[C@](C)(C2CC2)C1=O)C(=O)Nc1ccc(C#N)c(Cl)c1.